The molecule has 2 atom stereocenters. The van der Waals surface area contributed by atoms with E-state index in [2.05, 4.69) is 28.1 Å². The molecule has 1 saturated heterocycles. The number of rotatable bonds is 9. The molecular weight excluding hydrogens is 683 g/mol. The number of amides is 2. The van der Waals surface area contributed by atoms with E-state index in [1.807, 2.05) is 71.5 Å². The molecule has 0 radical (unpaired) electrons. The Hall–Kier alpha value is -3.92. The summed E-state index contributed by atoms with van der Waals surface area (Å²) in [5, 5.41) is 1.32. The van der Waals surface area contributed by atoms with Crippen molar-refractivity contribution in [2.45, 2.75) is 89.6 Å². The quantitative estimate of drug-likeness (QED) is 0.176. The maximum atomic E-state index is 15.0. The number of piperazine rings is 1. The van der Waals surface area contributed by atoms with E-state index in [1.165, 1.54) is 11.1 Å². The van der Waals surface area contributed by atoms with E-state index in [0.29, 0.717) is 49.3 Å². The van der Waals surface area contributed by atoms with Crippen molar-refractivity contribution < 1.29 is 14.3 Å². The lowest BCUT2D eigenvalue weighted by Crippen LogP contribution is -2.62. The number of imidazole rings is 1. The van der Waals surface area contributed by atoms with Crippen LogP contribution in [0.15, 0.2) is 73.3 Å². The fourth-order valence-corrected chi connectivity index (χ4v) is 8.39. The minimum Gasteiger partial charge on any atom is -0.446 e. The summed E-state index contributed by atoms with van der Waals surface area (Å²) >= 11 is 12.9. The maximum absolute atomic E-state index is 15.0. The molecule has 2 fully saturated rings. The number of benzene rings is 2. The summed E-state index contributed by atoms with van der Waals surface area (Å²) in [6, 6.07) is 16.9. The average Bonchev–Trinajstić information content (AvgIpc) is 3.48. The van der Waals surface area contributed by atoms with Crippen LogP contribution in [0.5, 0.6) is 0 Å². The molecule has 9 nitrogen and oxygen atoms in total. The van der Waals surface area contributed by atoms with E-state index < -0.39 is 12.1 Å². The molecule has 2 amide bonds. The first kappa shape index (κ1) is 35.5. The zero-order chi connectivity index (χ0) is 35.3. The van der Waals surface area contributed by atoms with E-state index in [-0.39, 0.29) is 18.1 Å². The van der Waals surface area contributed by atoms with Crippen molar-refractivity contribution in [3.63, 3.8) is 0 Å². The number of carbonyl (C=O) groups excluding carboxylic acids is 2. The summed E-state index contributed by atoms with van der Waals surface area (Å²) in [5.74, 6) is -0.103. The fraction of sp³-hybridized carbons (Fsp3) is 0.450. The molecule has 268 valence electrons. The zero-order valence-electron chi connectivity index (χ0n) is 29.2. The summed E-state index contributed by atoms with van der Waals surface area (Å²) in [5.41, 5.74) is 6.40. The molecule has 3 heterocycles. The average molecular weight is 730 g/mol. The molecular formula is C40H46Cl2N6O3. The first-order valence-corrected chi connectivity index (χ1v) is 19.0. The highest BCUT2D eigenvalue weighted by Gasteiger charge is 2.43. The second kappa shape index (κ2) is 16.2. The van der Waals surface area contributed by atoms with Gasteiger partial charge in [-0.2, -0.15) is 0 Å². The Kier molecular flexibility index (Phi) is 11.3. The zero-order valence-corrected chi connectivity index (χ0v) is 30.7. The Morgan fingerprint density at radius 3 is 2.57 bits per heavy atom. The number of carbonyl (C=O) groups is 2. The van der Waals surface area contributed by atoms with Crippen LogP contribution in [0, 0.1) is 6.92 Å². The first-order valence-electron chi connectivity index (χ1n) is 18.3. The van der Waals surface area contributed by atoms with Crippen LogP contribution in [-0.4, -0.2) is 79.6 Å². The van der Waals surface area contributed by atoms with Crippen molar-refractivity contribution in [2.75, 3.05) is 26.2 Å². The van der Waals surface area contributed by atoms with Crippen LogP contribution >= 0.6 is 23.2 Å². The van der Waals surface area contributed by atoms with Gasteiger partial charge >= 0.3 is 6.09 Å². The molecule has 2 aromatic heterocycles. The number of aryl methyl sites for hydroxylation is 4. The van der Waals surface area contributed by atoms with Gasteiger partial charge in [-0.25, -0.2) is 9.78 Å². The lowest BCUT2D eigenvalue weighted by atomic mass is 9.95. The minimum absolute atomic E-state index is 0.103. The van der Waals surface area contributed by atoms with Gasteiger partial charge in [0.2, 0.25) is 5.91 Å². The molecule has 0 N–H and O–H groups in total. The SMILES string of the molecule is Cc1cn(CCCN(Cc2cccc(Cl)c2)C(=O)[C@H]2CN(C3c4ccc(Cl)cc4CCc4cccnc43)CCN2C(=O)OC2CCCCC2)cn1. The van der Waals surface area contributed by atoms with Crippen LogP contribution in [0.4, 0.5) is 4.79 Å². The molecule has 0 spiro atoms. The summed E-state index contributed by atoms with van der Waals surface area (Å²) in [4.78, 5) is 44.3. The Morgan fingerprint density at radius 1 is 0.941 bits per heavy atom. The molecule has 1 unspecified atom stereocenters. The van der Waals surface area contributed by atoms with E-state index in [4.69, 9.17) is 32.9 Å². The highest BCUT2D eigenvalue weighted by atomic mass is 35.5. The number of halogens is 2. The fourth-order valence-electron chi connectivity index (χ4n) is 7.99. The monoisotopic (exact) mass is 728 g/mol. The summed E-state index contributed by atoms with van der Waals surface area (Å²) < 4.78 is 8.19. The van der Waals surface area contributed by atoms with Gasteiger partial charge in [-0.15, -0.1) is 0 Å². The van der Waals surface area contributed by atoms with E-state index in [9.17, 15) is 4.79 Å². The van der Waals surface area contributed by atoms with Crippen molar-refractivity contribution in [1.29, 1.82) is 0 Å². The Balaban J connectivity index is 1.22. The standard InChI is InChI=1S/C40H46Cl2N6O3/c1-28-24-45(27-44-28)18-7-19-47(25-29-8-5-10-32(41)22-29)39(49)36-26-46(20-21-48(36)40(50)51-34-11-3-2-4-12-34)38-35-16-15-33(42)23-31(35)14-13-30-9-6-17-43-37(30)38/h5-6,8-10,15-17,22-24,27,34,36,38H,2-4,7,11-14,18-21,25-26H2,1H3/t36-,38?/m1/s1. The number of pyridine rings is 1. The summed E-state index contributed by atoms with van der Waals surface area (Å²) in [6.45, 7) is 4.83. The summed E-state index contributed by atoms with van der Waals surface area (Å²) in [6.07, 6.45) is 12.6. The third-order valence-electron chi connectivity index (χ3n) is 10.5. The van der Waals surface area contributed by atoms with Crippen molar-refractivity contribution >= 4 is 35.2 Å². The molecule has 1 aliphatic heterocycles. The Morgan fingerprint density at radius 2 is 1.76 bits per heavy atom. The topological polar surface area (TPSA) is 83.8 Å². The van der Waals surface area contributed by atoms with Gasteiger partial charge in [0, 0.05) is 61.7 Å². The van der Waals surface area contributed by atoms with Crippen LogP contribution in [0.1, 0.15) is 78.2 Å². The van der Waals surface area contributed by atoms with Gasteiger partial charge in [0.1, 0.15) is 12.1 Å². The van der Waals surface area contributed by atoms with Crippen molar-refractivity contribution in [2.24, 2.45) is 0 Å². The molecule has 7 rings (SSSR count). The number of nitrogens with zero attached hydrogens (tertiary/aromatic N) is 6. The number of ether oxygens (including phenoxy) is 1. The molecule has 2 aromatic carbocycles. The Labute approximate surface area is 310 Å². The molecule has 0 bridgehead atoms. The third-order valence-corrected chi connectivity index (χ3v) is 11.0. The number of aromatic nitrogens is 3. The van der Waals surface area contributed by atoms with Gasteiger partial charge in [-0.05, 0) is 104 Å². The normalized spacial score (nSPS) is 19.5. The summed E-state index contributed by atoms with van der Waals surface area (Å²) in [7, 11) is 0. The van der Waals surface area contributed by atoms with Gasteiger partial charge < -0.3 is 14.2 Å². The number of fused-ring (bicyclic) bond motifs is 2. The predicted molar refractivity (Wildman–Crippen MR) is 199 cm³/mol. The highest BCUT2D eigenvalue weighted by molar-refractivity contribution is 6.30. The van der Waals surface area contributed by atoms with Gasteiger partial charge in [0.15, 0.2) is 0 Å². The van der Waals surface area contributed by atoms with Crippen LogP contribution in [0.25, 0.3) is 0 Å². The molecule has 2 aliphatic carbocycles. The van der Waals surface area contributed by atoms with Crippen LogP contribution in [0.3, 0.4) is 0 Å². The largest absolute Gasteiger partial charge is 0.446 e. The third kappa shape index (κ3) is 8.43. The van der Waals surface area contributed by atoms with Crippen molar-refractivity contribution in [3.8, 4) is 0 Å². The lowest BCUT2D eigenvalue weighted by Gasteiger charge is -2.45. The predicted octanol–water partition coefficient (Wildman–Crippen LogP) is 7.66. The molecule has 4 aromatic rings. The second-order valence-electron chi connectivity index (χ2n) is 14.1. The van der Waals surface area contributed by atoms with Gasteiger partial charge in [-0.1, -0.05) is 53.9 Å². The van der Waals surface area contributed by atoms with Crippen LogP contribution in [-0.2, 0) is 35.5 Å². The molecule has 51 heavy (non-hydrogen) atoms. The van der Waals surface area contributed by atoms with Gasteiger partial charge in [0.05, 0.1) is 23.8 Å². The first-order chi connectivity index (χ1) is 24.8. The van der Waals surface area contributed by atoms with Crippen LogP contribution in [0.2, 0.25) is 10.0 Å². The molecule has 1 saturated carbocycles. The number of hydrogen-bond donors (Lipinski definition) is 0. The highest BCUT2D eigenvalue weighted by Crippen LogP contribution is 2.38. The molecule has 3 aliphatic rings. The smallest absolute Gasteiger partial charge is 0.410 e. The van der Waals surface area contributed by atoms with Crippen molar-refractivity contribution in [3.05, 3.63) is 117 Å². The number of hydrogen-bond acceptors (Lipinski definition) is 6. The second-order valence-corrected chi connectivity index (χ2v) is 15.0. The minimum atomic E-state index is -0.754. The van der Waals surface area contributed by atoms with Gasteiger partial charge in [-0.3, -0.25) is 19.6 Å². The van der Waals surface area contributed by atoms with Gasteiger partial charge in [0.25, 0.3) is 0 Å². The Bertz CT molecular complexity index is 1840. The van der Waals surface area contributed by atoms with E-state index >= 15 is 4.79 Å². The van der Waals surface area contributed by atoms with E-state index in [0.717, 1.165) is 73.9 Å². The maximum Gasteiger partial charge on any atom is 0.410 e. The lowest BCUT2D eigenvalue weighted by molar-refractivity contribution is -0.140. The van der Waals surface area contributed by atoms with E-state index in [1.54, 1.807) is 4.90 Å². The van der Waals surface area contributed by atoms with Crippen molar-refractivity contribution in [1.82, 2.24) is 29.2 Å². The molecule has 11 heteroatoms. The van der Waals surface area contributed by atoms with Crippen LogP contribution < -0.4 is 0 Å².